The summed E-state index contributed by atoms with van der Waals surface area (Å²) in [6.45, 7) is 6.88. The summed E-state index contributed by atoms with van der Waals surface area (Å²) in [5.74, 6) is 0.262. The van der Waals surface area contributed by atoms with Crippen LogP contribution in [0.15, 0.2) is 18.2 Å². The second kappa shape index (κ2) is 6.49. The van der Waals surface area contributed by atoms with Crippen molar-refractivity contribution in [3.8, 4) is 0 Å². The van der Waals surface area contributed by atoms with Gasteiger partial charge in [-0.3, -0.25) is 0 Å². The summed E-state index contributed by atoms with van der Waals surface area (Å²) in [4.78, 5) is 0. The van der Waals surface area contributed by atoms with Crippen LogP contribution in [0.25, 0.3) is 0 Å². The van der Waals surface area contributed by atoms with Crippen molar-refractivity contribution in [3.05, 3.63) is 29.0 Å². The maximum absolute atomic E-state index is 13.1. The van der Waals surface area contributed by atoms with Crippen molar-refractivity contribution < 1.29 is 4.39 Å². The molecular formula is C16H22ClFN2S. The lowest BCUT2D eigenvalue weighted by atomic mass is 9.71. The number of nitrogens with one attached hydrogen (secondary N) is 2. The predicted molar refractivity (Wildman–Crippen MR) is 91.4 cm³/mol. The van der Waals surface area contributed by atoms with Gasteiger partial charge in [0.15, 0.2) is 5.11 Å². The van der Waals surface area contributed by atoms with Crippen molar-refractivity contribution in [2.24, 2.45) is 11.3 Å². The number of hydrogen-bond acceptors (Lipinski definition) is 1. The van der Waals surface area contributed by atoms with Crippen molar-refractivity contribution >= 4 is 34.6 Å². The normalized spacial score (nSPS) is 24.4. The van der Waals surface area contributed by atoms with Crippen LogP contribution in [0, 0.1) is 17.2 Å². The minimum absolute atomic E-state index is 0.0928. The second-order valence-electron chi connectivity index (χ2n) is 6.84. The van der Waals surface area contributed by atoms with E-state index in [2.05, 4.69) is 31.4 Å². The van der Waals surface area contributed by atoms with Crippen LogP contribution >= 0.6 is 23.8 Å². The third kappa shape index (κ3) is 4.82. The van der Waals surface area contributed by atoms with Crippen molar-refractivity contribution in [1.82, 2.24) is 5.32 Å². The number of thiocarbonyl (C=S) groups is 1. The minimum Gasteiger partial charge on any atom is -0.360 e. The molecule has 21 heavy (non-hydrogen) atoms. The van der Waals surface area contributed by atoms with E-state index < -0.39 is 5.82 Å². The third-order valence-electron chi connectivity index (χ3n) is 3.90. The molecule has 0 amide bonds. The van der Waals surface area contributed by atoms with Gasteiger partial charge in [-0.15, -0.1) is 0 Å². The molecule has 1 aliphatic carbocycles. The van der Waals surface area contributed by atoms with Gasteiger partial charge in [0.05, 0.1) is 5.02 Å². The summed E-state index contributed by atoms with van der Waals surface area (Å²) < 4.78 is 13.1. The van der Waals surface area contributed by atoms with E-state index in [1.165, 1.54) is 18.6 Å². The second-order valence-corrected chi connectivity index (χ2v) is 7.65. The van der Waals surface area contributed by atoms with Crippen molar-refractivity contribution in [2.75, 3.05) is 5.32 Å². The van der Waals surface area contributed by atoms with Crippen LogP contribution in [0.4, 0.5) is 10.1 Å². The summed E-state index contributed by atoms with van der Waals surface area (Å²) >= 11 is 11.1. The number of rotatable bonds is 2. The highest BCUT2D eigenvalue weighted by molar-refractivity contribution is 7.80. The first-order valence-corrected chi connectivity index (χ1v) is 8.06. The Morgan fingerprint density at radius 1 is 1.38 bits per heavy atom. The van der Waals surface area contributed by atoms with Crippen LogP contribution in [0.3, 0.4) is 0 Å². The van der Waals surface area contributed by atoms with Crippen LogP contribution in [0.1, 0.15) is 40.0 Å². The van der Waals surface area contributed by atoms with Gasteiger partial charge in [0.25, 0.3) is 0 Å². The Morgan fingerprint density at radius 2 is 2.10 bits per heavy atom. The zero-order chi connectivity index (χ0) is 15.6. The molecule has 2 atom stereocenters. The van der Waals surface area contributed by atoms with Gasteiger partial charge < -0.3 is 10.6 Å². The first-order chi connectivity index (χ1) is 9.75. The highest BCUT2D eigenvalue weighted by Crippen LogP contribution is 2.38. The SMILES string of the molecule is CC1CC(NC(=S)Nc2ccc(F)c(Cl)c2)CC(C)(C)C1. The summed E-state index contributed by atoms with van der Waals surface area (Å²) in [5, 5.41) is 7.09. The molecule has 0 heterocycles. The van der Waals surface area contributed by atoms with Crippen LogP contribution in [-0.4, -0.2) is 11.2 Å². The van der Waals surface area contributed by atoms with E-state index in [1.54, 1.807) is 6.07 Å². The van der Waals surface area contributed by atoms with E-state index in [4.69, 9.17) is 23.8 Å². The van der Waals surface area contributed by atoms with Gasteiger partial charge >= 0.3 is 0 Å². The molecule has 1 fully saturated rings. The van der Waals surface area contributed by atoms with Crippen LogP contribution in [0.5, 0.6) is 0 Å². The average Bonchev–Trinajstić information content (AvgIpc) is 2.31. The molecule has 5 heteroatoms. The quantitative estimate of drug-likeness (QED) is 0.749. The molecular weight excluding hydrogens is 307 g/mol. The number of hydrogen-bond donors (Lipinski definition) is 2. The number of benzene rings is 1. The fourth-order valence-corrected chi connectivity index (χ4v) is 3.85. The molecule has 1 saturated carbocycles. The standard InChI is InChI=1S/C16H22ClFN2S/c1-10-6-12(9-16(2,3)8-10)20-15(21)19-11-4-5-14(18)13(17)7-11/h4-5,7,10,12H,6,8-9H2,1-3H3,(H2,19,20,21). The lowest BCUT2D eigenvalue weighted by molar-refractivity contribution is 0.162. The zero-order valence-electron chi connectivity index (χ0n) is 12.7. The van der Waals surface area contributed by atoms with Crippen molar-refractivity contribution in [3.63, 3.8) is 0 Å². The summed E-state index contributed by atoms with van der Waals surface area (Å²) in [6.07, 6.45) is 3.47. The fraction of sp³-hybridized carbons (Fsp3) is 0.562. The van der Waals surface area contributed by atoms with Crippen LogP contribution in [-0.2, 0) is 0 Å². The van der Waals surface area contributed by atoms with Crippen LogP contribution in [0.2, 0.25) is 5.02 Å². The highest BCUT2D eigenvalue weighted by Gasteiger charge is 2.32. The van der Waals surface area contributed by atoms with Crippen molar-refractivity contribution in [2.45, 2.75) is 46.1 Å². The van der Waals surface area contributed by atoms with E-state index in [1.807, 2.05) is 0 Å². The molecule has 0 bridgehead atoms. The predicted octanol–water partition coefficient (Wildman–Crippen LogP) is 4.98. The molecule has 116 valence electrons. The van der Waals surface area contributed by atoms with Gasteiger partial charge in [-0.2, -0.15) is 0 Å². The molecule has 0 aliphatic heterocycles. The van der Waals surface area contributed by atoms with E-state index in [9.17, 15) is 4.39 Å². The molecule has 0 saturated heterocycles. The molecule has 1 aliphatic rings. The van der Waals surface area contributed by atoms with Gasteiger partial charge in [-0.1, -0.05) is 32.4 Å². The Hall–Kier alpha value is -0.870. The van der Waals surface area contributed by atoms with Gasteiger partial charge in [0, 0.05) is 11.7 Å². The lowest BCUT2D eigenvalue weighted by Gasteiger charge is -2.39. The Kier molecular flexibility index (Phi) is 5.10. The van der Waals surface area contributed by atoms with E-state index in [0.717, 1.165) is 12.8 Å². The van der Waals surface area contributed by atoms with Gasteiger partial charge in [0.2, 0.25) is 0 Å². The largest absolute Gasteiger partial charge is 0.360 e. The highest BCUT2D eigenvalue weighted by atomic mass is 35.5. The van der Waals surface area contributed by atoms with Crippen LogP contribution < -0.4 is 10.6 Å². The Labute approximate surface area is 136 Å². The molecule has 0 aromatic heterocycles. The Bertz CT molecular complexity index is 533. The Balaban J connectivity index is 1.93. The molecule has 1 aromatic rings. The number of anilines is 1. The molecule has 1 aromatic carbocycles. The van der Waals surface area contributed by atoms with Crippen molar-refractivity contribution in [1.29, 1.82) is 0 Å². The van der Waals surface area contributed by atoms with E-state index >= 15 is 0 Å². The average molecular weight is 329 g/mol. The molecule has 0 radical (unpaired) electrons. The molecule has 0 spiro atoms. The first-order valence-electron chi connectivity index (χ1n) is 7.28. The zero-order valence-corrected chi connectivity index (χ0v) is 14.2. The minimum atomic E-state index is -0.427. The van der Waals surface area contributed by atoms with Gasteiger partial charge in [0.1, 0.15) is 5.82 Å². The van der Waals surface area contributed by atoms with Gasteiger partial charge in [-0.25, -0.2) is 4.39 Å². The number of halogens is 2. The molecule has 2 rings (SSSR count). The topological polar surface area (TPSA) is 24.1 Å². The van der Waals surface area contributed by atoms with E-state index in [0.29, 0.717) is 28.2 Å². The van der Waals surface area contributed by atoms with Gasteiger partial charge in [-0.05, 0) is 61.0 Å². The molecule has 2 unspecified atom stereocenters. The fourth-order valence-electron chi connectivity index (χ4n) is 3.38. The Morgan fingerprint density at radius 3 is 2.71 bits per heavy atom. The third-order valence-corrected chi connectivity index (χ3v) is 4.41. The lowest BCUT2D eigenvalue weighted by Crippen LogP contribution is -2.44. The molecule has 2 nitrogen and oxygen atoms in total. The summed E-state index contributed by atoms with van der Waals surface area (Å²) in [6, 6.07) is 4.87. The first kappa shape index (κ1) is 16.5. The van der Waals surface area contributed by atoms with E-state index in [-0.39, 0.29) is 5.02 Å². The summed E-state index contributed by atoms with van der Waals surface area (Å²) in [7, 11) is 0. The maximum atomic E-state index is 13.1. The summed E-state index contributed by atoms with van der Waals surface area (Å²) in [5.41, 5.74) is 1.03. The maximum Gasteiger partial charge on any atom is 0.170 e. The molecule has 2 N–H and O–H groups in total. The monoisotopic (exact) mass is 328 g/mol. The smallest absolute Gasteiger partial charge is 0.170 e.